The van der Waals surface area contributed by atoms with Gasteiger partial charge in [-0.05, 0) is 43.5 Å². The molecule has 1 saturated heterocycles. The van der Waals surface area contributed by atoms with Crippen molar-refractivity contribution in [2.24, 2.45) is 0 Å². The number of carbonyl (C=O) groups excluding carboxylic acids is 1. The zero-order valence-corrected chi connectivity index (χ0v) is 14.9. The van der Waals surface area contributed by atoms with Gasteiger partial charge in [0.05, 0.1) is 23.7 Å². The first kappa shape index (κ1) is 19.4. The van der Waals surface area contributed by atoms with Crippen LogP contribution in [-0.4, -0.2) is 56.1 Å². The highest BCUT2D eigenvalue weighted by atomic mass is 32.2. The first-order valence-corrected chi connectivity index (χ1v) is 9.30. The molecule has 0 unspecified atom stereocenters. The van der Waals surface area contributed by atoms with Gasteiger partial charge in [0, 0.05) is 13.7 Å². The SMILES string of the molecule is CCOC(=O)c1cc(COC)cc(S(=O)(=O)N2CCC[C@H]2C(=O)O)c1. The van der Waals surface area contributed by atoms with E-state index in [1.54, 1.807) is 6.92 Å². The van der Waals surface area contributed by atoms with Gasteiger partial charge in [0.15, 0.2) is 0 Å². The molecule has 0 aromatic heterocycles. The molecule has 0 radical (unpaired) electrons. The van der Waals surface area contributed by atoms with E-state index in [1.165, 1.54) is 25.3 Å². The summed E-state index contributed by atoms with van der Waals surface area (Å²) < 4.78 is 36.7. The molecule has 0 amide bonds. The van der Waals surface area contributed by atoms with Crippen molar-refractivity contribution in [1.82, 2.24) is 4.31 Å². The predicted octanol–water partition coefficient (Wildman–Crippen LogP) is 1.25. The smallest absolute Gasteiger partial charge is 0.338 e. The van der Waals surface area contributed by atoms with E-state index < -0.39 is 28.0 Å². The van der Waals surface area contributed by atoms with Gasteiger partial charge in [-0.3, -0.25) is 4.79 Å². The van der Waals surface area contributed by atoms with Crippen LogP contribution in [0.15, 0.2) is 23.1 Å². The fourth-order valence-corrected chi connectivity index (χ4v) is 4.55. The maximum Gasteiger partial charge on any atom is 0.338 e. The number of rotatable bonds is 7. The van der Waals surface area contributed by atoms with E-state index in [2.05, 4.69) is 0 Å². The van der Waals surface area contributed by atoms with Crippen molar-refractivity contribution in [3.8, 4) is 0 Å². The third kappa shape index (κ3) is 4.17. The van der Waals surface area contributed by atoms with E-state index in [0.29, 0.717) is 12.0 Å². The molecule has 138 valence electrons. The number of hydrogen-bond acceptors (Lipinski definition) is 6. The number of hydrogen-bond donors (Lipinski definition) is 1. The Morgan fingerprint density at radius 1 is 1.32 bits per heavy atom. The summed E-state index contributed by atoms with van der Waals surface area (Å²) in [6.45, 7) is 2.04. The molecule has 1 aromatic carbocycles. The third-order valence-electron chi connectivity index (χ3n) is 3.88. The Balaban J connectivity index is 2.48. The van der Waals surface area contributed by atoms with Crippen LogP contribution in [0.1, 0.15) is 35.7 Å². The number of carboxylic acid groups (broad SMARTS) is 1. The molecular formula is C16H21NO7S. The Kier molecular flexibility index (Phi) is 6.15. The summed E-state index contributed by atoms with van der Waals surface area (Å²) >= 11 is 0. The van der Waals surface area contributed by atoms with E-state index in [9.17, 15) is 23.1 Å². The van der Waals surface area contributed by atoms with Gasteiger partial charge in [-0.2, -0.15) is 4.31 Å². The van der Waals surface area contributed by atoms with Gasteiger partial charge in [-0.1, -0.05) is 0 Å². The van der Waals surface area contributed by atoms with Crippen LogP contribution >= 0.6 is 0 Å². The minimum absolute atomic E-state index is 0.0843. The van der Waals surface area contributed by atoms with Crippen LogP contribution in [0.2, 0.25) is 0 Å². The Morgan fingerprint density at radius 3 is 2.64 bits per heavy atom. The van der Waals surface area contributed by atoms with Gasteiger partial charge in [0.25, 0.3) is 0 Å². The molecule has 1 aliphatic heterocycles. The molecule has 0 bridgehead atoms. The van der Waals surface area contributed by atoms with Gasteiger partial charge in [-0.15, -0.1) is 0 Å². The number of nitrogens with zero attached hydrogens (tertiary/aromatic N) is 1. The summed E-state index contributed by atoms with van der Waals surface area (Å²) in [7, 11) is -2.60. The first-order chi connectivity index (χ1) is 11.8. The van der Waals surface area contributed by atoms with Gasteiger partial charge >= 0.3 is 11.9 Å². The number of benzene rings is 1. The maximum absolute atomic E-state index is 12.9. The van der Waals surface area contributed by atoms with E-state index >= 15 is 0 Å². The number of carbonyl (C=O) groups is 2. The lowest BCUT2D eigenvalue weighted by molar-refractivity contribution is -0.140. The molecular weight excluding hydrogens is 350 g/mol. The van der Waals surface area contributed by atoms with Crippen molar-refractivity contribution in [1.29, 1.82) is 0 Å². The molecule has 1 heterocycles. The van der Waals surface area contributed by atoms with Crippen LogP contribution in [-0.2, 0) is 30.9 Å². The molecule has 1 fully saturated rings. The van der Waals surface area contributed by atoms with Crippen molar-refractivity contribution in [3.63, 3.8) is 0 Å². The highest BCUT2D eigenvalue weighted by Crippen LogP contribution is 2.28. The Morgan fingerprint density at radius 2 is 2.04 bits per heavy atom. The number of sulfonamides is 1. The van der Waals surface area contributed by atoms with Crippen molar-refractivity contribution in [2.45, 2.75) is 37.3 Å². The Labute approximate surface area is 146 Å². The lowest BCUT2D eigenvalue weighted by Crippen LogP contribution is -2.40. The fourth-order valence-electron chi connectivity index (χ4n) is 2.80. The lowest BCUT2D eigenvalue weighted by Gasteiger charge is -2.21. The molecule has 0 aliphatic carbocycles. The molecule has 8 nitrogen and oxygen atoms in total. The second-order valence-corrected chi connectivity index (χ2v) is 7.52. The molecule has 2 rings (SSSR count). The topological polar surface area (TPSA) is 110 Å². The summed E-state index contributed by atoms with van der Waals surface area (Å²) in [5.74, 6) is -1.83. The standard InChI is InChI=1S/C16H21NO7S/c1-3-24-16(20)12-7-11(10-23-2)8-13(9-12)25(21,22)17-6-4-5-14(17)15(18)19/h7-9,14H,3-6,10H2,1-2H3,(H,18,19)/t14-/m0/s1. The van der Waals surface area contributed by atoms with Crippen LogP contribution < -0.4 is 0 Å². The number of methoxy groups -OCH3 is 1. The minimum Gasteiger partial charge on any atom is -0.480 e. The van der Waals surface area contributed by atoms with Gasteiger partial charge in [0.2, 0.25) is 10.0 Å². The number of aliphatic carboxylic acids is 1. The molecule has 1 aliphatic rings. The zero-order valence-electron chi connectivity index (χ0n) is 14.1. The first-order valence-electron chi connectivity index (χ1n) is 7.86. The maximum atomic E-state index is 12.9. The highest BCUT2D eigenvalue weighted by molar-refractivity contribution is 7.89. The average Bonchev–Trinajstić information content (AvgIpc) is 3.06. The average molecular weight is 371 g/mol. The summed E-state index contributed by atoms with van der Waals surface area (Å²) in [5, 5.41) is 9.25. The quantitative estimate of drug-likeness (QED) is 0.718. The zero-order chi connectivity index (χ0) is 18.6. The van der Waals surface area contributed by atoms with Crippen molar-refractivity contribution >= 4 is 22.0 Å². The Bertz CT molecular complexity index is 760. The summed E-state index contributed by atoms with van der Waals surface area (Å²) in [5.41, 5.74) is 0.568. The third-order valence-corrected chi connectivity index (χ3v) is 5.77. The van der Waals surface area contributed by atoms with Gasteiger partial charge < -0.3 is 14.6 Å². The molecule has 0 spiro atoms. The highest BCUT2D eigenvalue weighted by Gasteiger charge is 2.39. The van der Waals surface area contributed by atoms with E-state index in [4.69, 9.17) is 9.47 Å². The van der Waals surface area contributed by atoms with E-state index in [-0.39, 0.29) is 36.6 Å². The monoisotopic (exact) mass is 371 g/mol. The van der Waals surface area contributed by atoms with Crippen LogP contribution in [0.4, 0.5) is 0 Å². The van der Waals surface area contributed by atoms with E-state index in [1.807, 2.05) is 0 Å². The van der Waals surface area contributed by atoms with Crippen molar-refractivity contribution < 1.29 is 32.6 Å². The van der Waals surface area contributed by atoms with Crippen LogP contribution in [0.3, 0.4) is 0 Å². The van der Waals surface area contributed by atoms with Crippen LogP contribution in [0, 0.1) is 0 Å². The van der Waals surface area contributed by atoms with Gasteiger partial charge in [-0.25, -0.2) is 13.2 Å². The second kappa shape index (κ2) is 7.94. The molecule has 25 heavy (non-hydrogen) atoms. The van der Waals surface area contributed by atoms with Gasteiger partial charge in [0.1, 0.15) is 6.04 Å². The van der Waals surface area contributed by atoms with Crippen LogP contribution in [0.25, 0.3) is 0 Å². The summed E-state index contributed by atoms with van der Waals surface area (Å²) in [6.07, 6.45) is 0.732. The molecule has 9 heteroatoms. The number of esters is 1. The van der Waals surface area contributed by atoms with E-state index in [0.717, 1.165) is 4.31 Å². The number of carboxylic acids is 1. The largest absolute Gasteiger partial charge is 0.480 e. The second-order valence-electron chi connectivity index (χ2n) is 5.63. The molecule has 0 saturated carbocycles. The fraction of sp³-hybridized carbons (Fsp3) is 0.500. The summed E-state index contributed by atoms with van der Waals surface area (Å²) in [6, 6.07) is 3.00. The van der Waals surface area contributed by atoms with Crippen molar-refractivity contribution in [2.75, 3.05) is 20.3 Å². The number of ether oxygens (including phenoxy) is 2. The normalized spacial score (nSPS) is 18.2. The summed E-state index contributed by atoms with van der Waals surface area (Å²) in [4.78, 5) is 23.2. The molecule has 1 N–H and O–H groups in total. The molecule has 1 atom stereocenters. The van der Waals surface area contributed by atoms with Crippen molar-refractivity contribution in [3.05, 3.63) is 29.3 Å². The van der Waals surface area contributed by atoms with Crippen LogP contribution in [0.5, 0.6) is 0 Å². The Hall–Kier alpha value is -1.97. The lowest BCUT2D eigenvalue weighted by atomic mass is 10.1. The minimum atomic E-state index is -4.06. The molecule has 1 aromatic rings. The predicted molar refractivity (Wildman–Crippen MR) is 87.7 cm³/mol.